The molecule has 2 aliphatic heterocycles. The first kappa shape index (κ1) is 26.8. The van der Waals surface area contributed by atoms with Crippen molar-refractivity contribution in [1.82, 2.24) is 15.2 Å². The summed E-state index contributed by atoms with van der Waals surface area (Å²) < 4.78 is 51.0. The number of carbonyl (C=O) groups is 2. The fourth-order valence-electron chi connectivity index (χ4n) is 5.46. The van der Waals surface area contributed by atoms with E-state index >= 15 is 0 Å². The minimum Gasteiger partial charge on any atom is -0.481 e. The first-order valence-electron chi connectivity index (χ1n) is 12.7. The Hall–Kier alpha value is -3.83. The molecule has 208 valence electrons. The van der Waals surface area contributed by atoms with Crippen LogP contribution in [0.3, 0.4) is 0 Å². The van der Waals surface area contributed by atoms with Gasteiger partial charge in [0.2, 0.25) is 17.7 Å². The maximum atomic E-state index is 13.5. The van der Waals surface area contributed by atoms with Crippen molar-refractivity contribution in [3.05, 3.63) is 53.7 Å². The van der Waals surface area contributed by atoms with Crippen molar-refractivity contribution in [2.45, 2.75) is 63.0 Å². The Balaban J connectivity index is 1.40. The SMILES string of the molecule is COc1ccc(C([C@H]2C[C@@H]2C(=O)N[C@H]2C[C@@H](C(F)(F)F)Oc3ccccc32)N2C(=O)CC(C)(C)N=C2N)cn1. The lowest BCUT2D eigenvalue weighted by atomic mass is 9.94. The van der Waals surface area contributed by atoms with E-state index in [0.29, 0.717) is 23.4 Å². The minimum atomic E-state index is -4.58. The molecule has 12 heteroatoms. The summed E-state index contributed by atoms with van der Waals surface area (Å²) in [6.45, 7) is 3.62. The van der Waals surface area contributed by atoms with E-state index in [0.717, 1.165) is 0 Å². The highest BCUT2D eigenvalue weighted by atomic mass is 19.4. The quantitative estimate of drug-likeness (QED) is 0.572. The van der Waals surface area contributed by atoms with E-state index in [1.54, 1.807) is 36.5 Å². The second-order valence-corrected chi connectivity index (χ2v) is 10.8. The Kier molecular flexibility index (Phi) is 6.68. The van der Waals surface area contributed by atoms with Crippen molar-refractivity contribution >= 4 is 17.8 Å². The number of nitrogens with two attached hydrogens (primary N) is 1. The van der Waals surface area contributed by atoms with E-state index < -0.39 is 48.1 Å². The molecule has 1 aliphatic carbocycles. The van der Waals surface area contributed by atoms with Crippen molar-refractivity contribution in [2.75, 3.05) is 7.11 Å². The van der Waals surface area contributed by atoms with Gasteiger partial charge in [-0.3, -0.25) is 14.5 Å². The van der Waals surface area contributed by atoms with Crippen molar-refractivity contribution in [3.63, 3.8) is 0 Å². The Bertz CT molecular complexity index is 1300. The Morgan fingerprint density at radius 2 is 1.97 bits per heavy atom. The van der Waals surface area contributed by atoms with Gasteiger partial charge in [-0.2, -0.15) is 13.2 Å². The van der Waals surface area contributed by atoms with Gasteiger partial charge in [0.25, 0.3) is 0 Å². The number of halogens is 3. The molecule has 0 spiro atoms. The van der Waals surface area contributed by atoms with Crippen LogP contribution in [0.25, 0.3) is 0 Å². The summed E-state index contributed by atoms with van der Waals surface area (Å²) in [5.74, 6) is -0.988. The number of nitrogens with one attached hydrogen (secondary N) is 1. The maximum Gasteiger partial charge on any atom is 0.425 e. The minimum absolute atomic E-state index is 0.0505. The molecule has 2 amide bonds. The number of aliphatic imine (C=N–C) groups is 1. The predicted molar refractivity (Wildman–Crippen MR) is 135 cm³/mol. The zero-order valence-electron chi connectivity index (χ0n) is 21.7. The summed E-state index contributed by atoms with van der Waals surface area (Å²) in [7, 11) is 1.49. The summed E-state index contributed by atoms with van der Waals surface area (Å²) in [5, 5.41) is 2.81. The fraction of sp³-hybridized carbons (Fsp3) is 0.481. The topological polar surface area (TPSA) is 119 Å². The summed E-state index contributed by atoms with van der Waals surface area (Å²) in [6.07, 6.45) is -4.93. The van der Waals surface area contributed by atoms with Gasteiger partial charge in [-0.05, 0) is 37.8 Å². The van der Waals surface area contributed by atoms with Crippen LogP contribution in [0.4, 0.5) is 13.2 Å². The number of amides is 2. The van der Waals surface area contributed by atoms with Crippen LogP contribution in [0, 0.1) is 11.8 Å². The number of nitrogens with zero attached hydrogens (tertiary/aromatic N) is 3. The number of pyridine rings is 1. The molecule has 0 bridgehead atoms. The Morgan fingerprint density at radius 3 is 2.62 bits per heavy atom. The number of fused-ring (bicyclic) bond motifs is 1. The lowest BCUT2D eigenvalue weighted by Gasteiger charge is -2.38. The normalized spacial score (nSPS) is 26.6. The van der Waals surface area contributed by atoms with Gasteiger partial charge in [-0.25, -0.2) is 9.98 Å². The van der Waals surface area contributed by atoms with Crippen LogP contribution in [-0.2, 0) is 9.59 Å². The molecule has 1 aromatic carbocycles. The van der Waals surface area contributed by atoms with Crippen molar-refractivity contribution in [2.24, 2.45) is 22.6 Å². The van der Waals surface area contributed by atoms with Crippen LogP contribution in [0.5, 0.6) is 11.6 Å². The molecule has 3 N–H and O–H groups in total. The van der Waals surface area contributed by atoms with Gasteiger partial charge in [-0.1, -0.05) is 24.3 Å². The van der Waals surface area contributed by atoms with Gasteiger partial charge in [-0.15, -0.1) is 0 Å². The summed E-state index contributed by atoms with van der Waals surface area (Å²) in [5.41, 5.74) is 6.75. The molecular formula is C27H30F3N5O4. The van der Waals surface area contributed by atoms with Gasteiger partial charge >= 0.3 is 6.18 Å². The van der Waals surface area contributed by atoms with E-state index in [9.17, 15) is 22.8 Å². The smallest absolute Gasteiger partial charge is 0.425 e. The van der Waals surface area contributed by atoms with Gasteiger partial charge < -0.3 is 20.5 Å². The highest BCUT2D eigenvalue weighted by Gasteiger charge is 2.54. The van der Waals surface area contributed by atoms with Crippen LogP contribution >= 0.6 is 0 Å². The number of carbonyl (C=O) groups excluding carboxylic acids is 2. The molecular weight excluding hydrogens is 515 g/mol. The van der Waals surface area contributed by atoms with Gasteiger partial charge in [0.1, 0.15) is 5.75 Å². The van der Waals surface area contributed by atoms with Crippen LogP contribution in [-0.4, -0.2) is 52.6 Å². The first-order valence-corrected chi connectivity index (χ1v) is 12.7. The molecule has 9 nitrogen and oxygen atoms in total. The van der Waals surface area contributed by atoms with E-state index in [2.05, 4.69) is 15.3 Å². The number of hydrogen-bond acceptors (Lipinski definition) is 7. The lowest BCUT2D eigenvalue weighted by molar-refractivity contribution is -0.201. The number of ether oxygens (including phenoxy) is 2. The Labute approximate surface area is 223 Å². The van der Waals surface area contributed by atoms with Crippen LogP contribution in [0.2, 0.25) is 0 Å². The standard InChI is InChI=1S/C27H30F3N5O4/c1-26(2)12-22(36)35(25(31)34-26)23(14-8-9-21(38-3)32-13-14)16-10-17(16)24(37)33-18-11-20(27(28,29)30)39-19-7-5-4-6-15(18)19/h4-9,13,16-18,20,23H,10-12H2,1-3H3,(H2,31,34)(H,33,37)/t16-,17-,18-,20-,23?/m0/s1. The maximum absolute atomic E-state index is 13.5. The number of methoxy groups -OCH3 is 1. The predicted octanol–water partition coefficient (Wildman–Crippen LogP) is 3.66. The number of aromatic nitrogens is 1. The molecule has 5 rings (SSSR count). The third kappa shape index (κ3) is 5.37. The van der Waals surface area contributed by atoms with Gasteiger partial charge in [0.05, 0.1) is 31.2 Å². The highest BCUT2D eigenvalue weighted by molar-refractivity contribution is 5.99. The largest absolute Gasteiger partial charge is 0.481 e. The number of guanidine groups is 1. The molecule has 1 saturated carbocycles. The molecule has 3 heterocycles. The third-order valence-corrected chi connectivity index (χ3v) is 7.38. The molecule has 1 fully saturated rings. The van der Waals surface area contributed by atoms with Gasteiger partial charge in [0, 0.05) is 30.2 Å². The number of alkyl halides is 3. The number of rotatable bonds is 6. The second kappa shape index (κ2) is 9.73. The summed E-state index contributed by atoms with van der Waals surface area (Å²) in [4.78, 5) is 36.8. The van der Waals surface area contributed by atoms with Crippen molar-refractivity contribution < 1.29 is 32.2 Å². The summed E-state index contributed by atoms with van der Waals surface area (Å²) >= 11 is 0. The van der Waals surface area contributed by atoms with Crippen LogP contribution in [0.15, 0.2) is 47.6 Å². The number of benzene rings is 1. The molecule has 39 heavy (non-hydrogen) atoms. The van der Waals surface area contributed by atoms with Crippen molar-refractivity contribution in [3.8, 4) is 11.6 Å². The average Bonchev–Trinajstić information content (AvgIpc) is 3.66. The van der Waals surface area contributed by atoms with E-state index in [4.69, 9.17) is 15.2 Å². The molecule has 0 saturated heterocycles. The van der Waals surface area contributed by atoms with E-state index in [1.807, 2.05) is 13.8 Å². The zero-order chi connectivity index (χ0) is 28.1. The molecule has 3 aliphatic rings. The van der Waals surface area contributed by atoms with E-state index in [1.165, 1.54) is 18.1 Å². The molecule has 0 radical (unpaired) electrons. The van der Waals surface area contributed by atoms with Crippen molar-refractivity contribution in [1.29, 1.82) is 0 Å². The Morgan fingerprint density at radius 1 is 1.23 bits per heavy atom. The first-order chi connectivity index (χ1) is 18.4. The molecule has 1 aromatic heterocycles. The summed E-state index contributed by atoms with van der Waals surface area (Å²) in [6, 6.07) is 8.29. The van der Waals surface area contributed by atoms with E-state index in [-0.39, 0.29) is 30.0 Å². The molecule has 1 unspecified atom stereocenters. The zero-order valence-corrected chi connectivity index (χ0v) is 21.7. The highest BCUT2D eigenvalue weighted by Crippen LogP contribution is 2.51. The fourth-order valence-corrected chi connectivity index (χ4v) is 5.46. The van der Waals surface area contributed by atoms with Crippen LogP contribution < -0.4 is 20.5 Å². The molecule has 2 aromatic rings. The van der Waals surface area contributed by atoms with Crippen LogP contribution in [0.1, 0.15) is 56.3 Å². The lowest BCUT2D eigenvalue weighted by Crippen LogP contribution is -2.52. The number of para-hydroxylation sites is 1. The number of hydrogen-bond donors (Lipinski definition) is 2. The second-order valence-electron chi connectivity index (χ2n) is 10.8. The average molecular weight is 546 g/mol. The molecule has 5 atom stereocenters. The third-order valence-electron chi connectivity index (χ3n) is 7.38. The van der Waals surface area contributed by atoms with Gasteiger partial charge in [0.15, 0.2) is 12.1 Å². The monoisotopic (exact) mass is 545 g/mol.